The van der Waals surface area contributed by atoms with Gasteiger partial charge in [-0.2, -0.15) is 0 Å². The lowest BCUT2D eigenvalue weighted by Crippen LogP contribution is -2.44. The Hall–Kier alpha value is -2.28. The number of sulfonamides is 1. The first-order valence-corrected chi connectivity index (χ1v) is 12.7. The molecule has 1 aliphatic rings. The van der Waals surface area contributed by atoms with Crippen molar-refractivity contribution in [3.63, 3.8) is 0 Å². The fourth-order valence-corrected chi connectivity index (χ4v) is 6.32. The van der Waals surface area contributed by atoms with Crippen LogP contribution in [0.2, 0.25) is 0 Å². The molecular weight excluding hydrogens is 412 g/mol. The first-order valence-electron chi connectivity index (χ1n) is 10.00. The molecule has 0 N–H and O–H groups in total. The number of nitrogens with zero attached hydrogens (tertiary/aromatic N) is 2. The lowest BCUT2D eigenvalue weighted by molar-refractivity contribution is 0.190. The summed E-state index contributed by atoms with van der Waals surface area (Å²) in [5.41, 5.74) is 2.19. The van der Waals surface area contributed by atoms with Gasteiger partial charge in [-0.3, -0.25) is 4.90 Å². The standard InChI is InChI=1S/C24H26N2O2S2/c1-19-17-26(30(2,27)28)24(29-19)25(18-20-9-4-3-5-10-20)16-15-22-13-8-12-21-11-6-7-14-23(21)22/h3-14,17,24H,15-16,18H2,1-2H3. The van der Waals surface area contributed by atoms with Crippen LogP contribution in [0.15, 0.2) is 83.9 Å². The Morgan fingerprint density at radius 1 is 0.967 bits per heavy atom. The van der Waals surface area contributed by atoms with E-state index in [9.17, 15) is 8.42 Å². The maximum absolute atomic E-state index is 12.4. The van der Waals surface area contributed by atoms with E-state index in [2.05, 4.69) is 59.5 Å². The van der Waals surface area contributed by atoms with E-state index >= 15 is 0 Å². The van der Waals surface area contributed by atoms with E-state index in [1.165, 1.54) is 32.5 Å². The minimum absolute atomic E-state index is 0.268. The quantitative estimate of drug-likeness (QED) is 0.518. The van der Waals surface area contributed by atoms with Crippen molar-refractivity contribution in [2.75, 3.05) is 12.8 Å². The van der Waals surface area contributed by atoms with Crippen LogP contribution in [0.25, 0.3) is 10.8 Å². The van der Waals surface area contributed by atoms with Crippen LogP contribution >= 0.6 is 11.8 Å². The number of allylic oxidation sites excluding steroid dienone is 1. The van der Waals surface area contributed by atoms with Crippen molar-refractivity contribution in [1.82, 2.24) is 9.21 Å². The van der Waals surface area contributed by atoms with Gasteiger partial charge in [0.2, 0.25) is 10.0 Å². The smallest absolute Gasteiger partial charge is 0.233 e. The van der Waals surface area contributed by atoms with Crippen molar-refractivity contribution in [3.05, 3.63) is 95.0 Å². The average molecular weight is 439 g/mol. The molecule has 1 unspecified atom stereocenters. The lowest BCUT2D eigenvalue weighted by Gasteiger charge is -2.34. The van der Waals surface area contributed by atoms with E-state index < -0.39 is 10.0 Å². The molecule has 1 atom stereocenters. The maximum Gasteiger partial charge on any atom is 0.233 e. The zero-order chi connectivity index (χ0) is 21.1. The van der Waals surface area contributed by atoms with Gasteiger partial charge in [0.25, 0.3) is 0 Å². The number of rotatable bonds is 7. The Morgan fingerprint density at radius 3 is 2.43 bits per heavy atom. The molecule has 3 aromatic carbocycles. The summed E-state index contributed by atoms with van der Waals surface area (Å²) in [5.74, 6) is 0. The fraction of sp³-hybridized carbons (Fsp3) is 0.250. The molecule has 0 aliphatic carbocycles. The van der Waals surface area contributed by atoms with E-state index in [1.54, 1.807) is 18.0 Å². The van der Waals surface area contributed by atoms with Crippen LogP contribution in [0.3, 0.4) is 0 Å². The molecule has 156 valence electrons. The van der Waals surface area contributed by atoms with Crippen molar-refractivity contribution in [1.29, 1.82) is 0 Å². The highest BCUT2D eigenvalue weighted by atomic mass is 32.2. The fourth-order valence-electron chi connectivity index (χ4n) is 3.85. The van der Waals surface area contributed by atoms with Crippen molar-refractivity contribution in [2.45, 2.75) is 25.4 Å². The predicted molar refractivity (Wildman–Crippen MR) is 126 cm³/mol. The van der Waals surface area contributed by atoms with E-state index in [-0.39, 0.29) is 5.50 Å². The molecule has 4 rings (SSSR count). The van der Waals surface area contributed by atoms with Crippen LogP contribution in [0, 0.1) is 0 Å². The van der Waals surface area contributed by atoms with Gasteiger partial charge in [0.15, 0.2) is 0 Å². The highest BCUT2D eigenvalue weighted by Gasteiger charge is 2.34. The van der Waals surface area contributed by atoms with Crippen LogP contribution in [0.4, 0.5) is 0 Å². The number of benzene rings is 3. The lowest BCUT2D eigenvalue weighted by atomic mass is 10.0. The Balaban J connectivity index is 1.62. The summed E-state index contributed by atoms with van der Waals surface area (Å²) in [4.78, 5) is 3.27. The minimum atomic E-state index is -3.35. The van der Waals surface area contributed by atoms with Gasteiger partial charge in [-0.05, 0) is 35.2 Å². The zero-order valence-electron chi connectivity index (χ0n) is 17.2. The molecule has 0 spiro atoms. The summed E-state index contributed by atoms with van der Waals surface area (Å²) in [7, 11) is -3.35. The third-order valence-electron chi connectivity index (χ3n) is 5.29. The van der Waals surface area contributed by atoms with Gasteiger partial charge < -0.3 is 0 Å². The molecule has 6 heteroatoms. The molecule has 0 radical (unpaired) electrons. The molecule has 0 bridgehead atoms. The van der Waals surface area contributed by atoms with Crippen LogP contribution in [0.1, 0.15) is 18.1 Å². The molecule has 0 amide bonds. The third kappa shape index (κ3) is 4.72. The molecule has 4 nitrogen and oxygen atoms in total. The maximum atomic E-state index is 12.4. The second-order valence-corrected chi connectivity index (χ2v) is 10.8. The third-order valence-corrected chi connectivity index (χ3v) is 7.71. The van der Waals surface area contributed by atoms with Crippen LogP contribution < -0.4 is 0 Å². The van der Waals surface area contributed by atoms with E-state index in [4.69, 9.17) is 0 Å². The van der Waals surface area contributed by atoms with Gasteiger partial charge in [-0.15, -0.1) is 0 Å². The normalized spacial score (nSPS) is 17.0. The molecule has 0 saturated heterocycles. The number of thioether (sulfide) groups is 1. The van der Waals surface area contributed by atoms with Crippen molar-refractivity contribution < 1.29 is 8.42 Å². The van der Waals surface area contributed by atoms with Crippen molar-refractivity contribution in [3.8, 4) is 0 Å². The molecule has 0 saturated carbocycles. The van der Waals surface area contributed by atoms with Gasteiger partial charge in [-0.25, -0.2) is 12.7 Å². The zero-order valence-corrected chi connectivity index (χ0v) is 18.9. The second-order valence-electron chi connectivity index (χ2n) is 7.62. The molecule has 30 heavy (non-hydrogen) atoms. The van der Waals surface area contributed by atoms with Crippen LogP contribution in [-0.4, -0.2) is 35.9 Å². The summed E-state index contributed by atoms with van der Waals surface area (Å²) >= 11 is 1.60. The molecule has 3 aromatic rings. The number of fused-ring (bicyclic) bond motifs is 1. The van der Waals surface area contributed by atoms with E-state index in [0.29, 0.717) is 6.54 Å². The van der Waals surface area contributed by atoms with Gasteiger partial charge in [0, 0.05) is 24.2 Å². The highest BCUT2D eigenvalue weighted by Crippen LogP contribution is 2.37. The first kappa shape index (κ1) is 21.0. The SMILES string of the molecule is CC1=CN(S(C)(=O)=O)C(N(CCc2cccc3ccccc23)Cc2ccccc2)S1. The minimum Gasteiger partial charge on any atom is -0.269 e. The van der Waals surface area contributed by atoms with E-state index in [0.717, 1.165) is 17.9 Å². The summed E-state index contributed by atoms with van der Waals surface area (Å²) in [6.45, 7) is 3.42. The second kappa shape index (κ2) is 8.84. The summed E-state index contributed by atoms with van der Waals surface area (Å²) in [6, 6.07) is 25.0. The van der Waals surface area contributed by atoms with Gasteiger partial charge in [0.05, 0.1) is 6.26 Å². The van der Waals surface area contributed by atoms with E-state index in [1.807, 2.05) is 25.1 Å². The Labute approximate surface area is 183 Å². The average Bonchev–Trinajstić information content (AvgIpc) is 3.14. The Kier molecular flexibility index (Phi) is 6.18. The van der Waals surface area contributed by atoms with Gasteiger partial charge >= 0.3 is 0 Å². The molecular formula is C24H26N2O2S2. The highest BCUT2D eigenvalue weighted by molar-refractivity contribution is 8.04. The van der Waals surface area contributed by atoms with Gasteiger partial charge in [-0.1, -0.05) is 84.6 Å². The Bertz CT molecular complexity index is 1150. The van der Waals surface area contributed by atoms with Gasteiger partial charge in [0.1, 0.15) is 5.50 Å². The summed E-state index contributed by atoms with van der Waals surface area (Å²) in [5, 5.41) is 2.49. The summed E-state index contributed by atoms with van der Waals surface area (Å²) in [6.07, 6.45) is 3.88. The van der Waals surface area contributed by atoms with Crippen molar-refractivity contribution >= 4 is 32.6 Å². The van der Waals surface area contributed by atoms with Crippen LogP contribution in [0.5, 0.6) is 0 Å². The summed E-state index contributed by atoms with van der Waals surface area (Å²) < 4.78 is 26.4. The molecule has 0 aromatic heterocycles. The number of hydrogen-bond donors (Lipinski definition) is 0. The van der Waals surface area contributed by atoms with Crippen LogP contribution in [-0.2, 0) is 23.0 Å². The monoisotopic (exact) mass is 438 g/mol. The number of hydrogen-bond acceptors (Lipinski definition) is 4. The predicted octanol–water partition coefficient (Wildman–Crippen LogP) is 5.04. The molecule has 0 fully saturated rings. The topological polar surface area (TPSA) is 40.6 Å². The Morgan fingerprint density at radius 2 is 1.67 bits per heavy atom. The molecule has 1 heterocycles. The largest absolute Gasteiger partial charge is 0.269 e. The van der Waals surface area contributed by atoms with Crippen molar-refractivity contribution in [2.24, 2.45) is 0 Å². The molecule has 1 aliphatic heterocycles. The first-order chi connectivity index (χ1) is 14.4.